The highest BCUT2D eigenvalue weighted by Crippen LogP contribution is 2.23. The van der Waals surface area contributed by atoms with Crippen LogP contribution in [0.15, 0.2) is 36.5 Å². The Morgan fingerprint density at radius 3 is 2.89 bits per heavy atom. The van der Waals surface area contributed by atoms with E-state index in [-0.39, 0.29) is 0 Å². The summed E-state index contributed by atoms with van der Waals surface area (Å²) in [4.78, 5) is 4.27. The molecule has 0 amide bonds. The second-order valence-corrected chi connectivity index (χ2v) is 4.02. The van der Waals surface area contributed by atoms with Crippen molar-refractivity contribution >= 4 is 17.2 Å². The summed E-state index contributed by atoms with van der Waals surface area (Å²) in [6.07, 6.45) is 1.64. The van der Waals surface area contributed by atoms with Gasteiger partial charge in [-0.3, -0.25) is 0 Å². The minimum Gasteiger partial charge on any atom is -0.494 e. The maximum absolute atomic E-state index is 5.67. The van der Waals surface area contributed by atoms with Gasteiger partial charge in [0.05, 0.1) is 18.5 Å². The van der Waals surface area contributed by atoms with E-state index < -0.39 is 0 Å². The second kappa shape index (κ2) is 5.40. The molecular weight excluding hydrogens is 226 g/mol. The van der Waals surface area contributed by atoms with E-state index in [0.29, 0.717) is 12.3 Å². The van der Waals surface area contributed by atoms with Crippen LogP contribution >= 0.6 is 0 Å². The van der Waals surface area contributed by atoms with Gasteiger partial charge >= 0.3 is 0 Å². The maximum Gasteiger partial charge on any atom is 0.133 e. The Balaban J connectivity index is 2.20. The van der Waals surface area contributed by atoms with Gasteiger partial charge in [0.1, 0.15) is 11.6 Å². The van der Waals surface area contributed by atoms with Crippen LogP contribution in [0.5, 0.6) is 5.75 Å². The predicted octanol–water partition coefficient (Wildman–Crippen LogP) is 3.11. The van der Waals surface area contributed by atoms with Crippen molar-refractivity contribution in [3.63, 3.8) is 0 Å². The van der Waals surface area contributed by atoms with Crippen molar-refractivity contribution in [3.05, 3.63) is 42.1 Å². The molecule has 0 aliphatic rings. The van der Waals surface area contributed by atoms with Crippen molar-refractivity contribution in [1.29, 1.82) is 0 Å². The van der Waals surface area contributed by atoms with Gasteiger partial charge in [0.2, 0.25) is 0 Å². The average molecular weight is 243 g/mol. The zero-order valence-corrected chi connectivity index (χ0v) is 10.6. The zero-order valence-electron chi connectivity index (χ0n) is 10.6. The van der Waals surface area contributed by atoms with Gasteiger partial charge in [-0.25, -0.2) is 4.98 Å². The third-order valence-electron chi connectivity index (χ3n) is 2.51. The van der Waals surface area contributed by atoms with Crippen LogP contribution in [0.25, 0.3) is 0 Å². The molecule has 4 nitrogen and oxygen atoms in total. The summed E-state index contributed by atoms with van der Waals surface area (Å²) in [5.41, 5.74) is 8.30. The number of nitrogen functional groups attached to an aromatic ring is 1. The highest BCUT2D eigenvalue weighted by Gasteiger charge is 2.02. The molecule has 94 valence electrons. The molecule has 2 rings (SSSR count). The number of hydrogen-bond acceptors (Lipinski definition) is 4. The first-order chi connectivity index (χ1) is 8.69. The summed E-state index contributed by atoms with van der Waals surface area (Å²) in [5, 5.41) is 3.25. The monoisotopic (exact) mass is 243 g/mol. The number of benzene rings is 1. The summed E-state index contributed by atoms with van der Waals surface area (Å²) >= 11 is 0. The average Bonchev–Trinajstić information content (AvgIpc) is 2.34. The van der Waals surface area contributed by atoms with Crippen molar-refractivity contribution in [3.8, 4) is 5.75 Å². The number of hydrogen-bond donors (Lipinski definition) is 2. The molecule has 0 spiro atoms. The highest BCUT2D eigenvalue weighted by molar-refractivity contribution is 5.62. The summed E-state index contributed by atoms with van der Waals surface area (Å²) in [6.45, 7) is 4.59. The predicted molar refractivity (Wildman–Crippen MR) is 74.3 cm³/mol. The number of aryl methyl sites for hydroxylation is 1. The lowest BCUT2D eigenvalue weighted by Gasteiger charge is -2.10. The summed E-state index contributed by atoms with van der Waals surface area (Å²) in [7, 11) is 0. The van der Waals surface area contributed by atoms with Gasteiger partial charge in [-0.1, -0.05) is 6.07 Å². The molecule has 18 heavy (non-hydrogen) atoms. The van der Waals surface area contributed by atoms with E-state index in [1.807, 2.05) is 44.2 Å². The molecule has 1 heterocycles. The molecular formula is C14H17N3O. The first kappa shape index (κ1) is 12.2. The smallest absolute Gasteiger partial charge is 0.133 e. The molecule has 0 saturated carbocycles. The molecule has 1 aromatic carbocycles. The van der Waals surface area contributed by atoms with Gasteiger partial charge in [0.15, 0.2) is 0 Å². The van der Waals surface area contributed by atoms with E-state index in [4.69, 9.17) is 10.5 Å². The topological polar surface area (TPSA) is 60.2 Å². The summed E-state index contributed by atoms with van der Waals surface area (Å²) in [6, 6.07) is 9.68. The Hall–Kier alpha value is -2.23. The Labute approximate surface area is 107 Å². The third kappa shape index (κ3) is 2.91. The minimum absolute atomic E-state index is 0.655. The fourth-order valence-corrected chi connectivity index (χ4v) is 1.69. The van der Waals surface area contributed by atoms with Crippen LogP contribution in [0.2, 0.25) is 0 Å². The fraction of sp³-hybridized carbons (Fsp3) is 0.214. The maximum atomic E-state index is 5.67. The molecule has 0 atom stereocenters. The quantitative estimate of drug-likeness (QED) is 0.866. The van der Waals surface area contributed by atoms with Crippen LogP contribution in [0.4, 0.5) is 17.2 Å². The van der Waals surface area contributed by atoms with Gasteiger partial charge < -0.3 is 15.8 Å². The standard InChI is InChI=1S/C14H17N3O/c1-3-18-13-6-4-5-12(8-13)17-14-10(2)7-11(15)9-16-14/h4-9H,3,15H2,1-2H3,(H,16,17). The van der Waals surface area contributed by atoms with E-state index in [1.54, 1.807) is 6.20 Å². The number of rotatable bonds is 4. The van der Waals surface area contributed by atoms with E-state index in [2.05, 4.69) is 10.3 Å². The van der Waals surface area contributed by atoms with Gasteiger partial charge in [0.25, 0.3) is 0 Å². The van der Waals surface area contributed by atoms with Crippen molar-refractivity contribution in [2.75, 3.05) is 17.7 Å². The van der Waals surface area contributed by atoms with Crippen LogP contribution < -0.4 is 15.8 Å². The number of nitrogens with zero attached hydrogens (tertiary/aromatic N) is 1. The van der Waals surface area contributed by atoms with Gasteiger partial charge in [-0.05, 0) is 37.6 Å². The third-order valence-corrected chi connectivity index (χ3v) is 2.51. The van der Waals surface area contributed by atoms with Crippen LogP contribution in [0, 0.1) is 6.92 Å². The van der Waals surface area contributed by atoms with Crippen molar-refractivity contribution in [2.45, 2.75) is 13.8 Å². The molecule has 2 aromatic rings. The number of nitrogens with one attached hydrogen (secondary N) is 1. The Kier molecular flexibility index (Phi) is 3.67. The van der Waals surface area contributed by atoms with E-state index in [0.717, 1.165) is 22.8 Å². The molecule has 3 N–H and O–H groups in total. The first-order valence-electron chi connectivity index (χ1n) is 5.91. The lowest BCUT2D eigenvalue weighted by atomic mass is 10.2. The van der Waals surface area contributed by atoms with Crippen LogP contribution in [0.1, 0.15) is 12.5 Å². The van der Waals surface area contributed by atoms with Gasteiger partial charge in [-0.15, -0.1) is 0 Å². The first-order valence-corrected chi connectivity index (χ1v) is 5.91. The largest absolute Gasteiger partial charge is 0.494 e. The SMILES string of the molecule is CCOc1cccc(Nc2ncc(N)cc2C)c1. The van der Waals surface area contributed by atoms with Gasteiger partial charge in [0, 0.05) is 11.8 Å². The number of pyridine rings is 1. The zero-order chi connectivity index (χ0) is 13.0. The Bertz CT molecular complexity index is 540. The number of aromatic nitrogens is 1. The number of nitrogens with two attached hydrogens (primary N) is 1. The van der Waals surface area contributed by atoms with Crippen LogP contribution in [0.3, 0.4) is 0 Å². The molecule has 0 saturated heterocycles. The summed E-state index contributed by atoms with van der Waals surface area (Å²) in [5.74, 6) is 1.65. The van der Waals surface area contributed by atoms with E-state index in [1.165, 1.54) is 0 Å². The minimum atomic E-state index is 0.655. The number of anilines is 3. The lowest BCUT2D eigenvalue weighted by Crippen LogP contribution is -1.99. The van der Waals surface area contributed by atoms with Crippen LogP contribution in [-0.4, -0.2) is 11.6 Å². The Morgan fingerprint density at radius 2 is 2.17 bits per heavy atom. The summed E-state index contributed by atoms with van der Waals surface area (Å²) < 4.78 is 5.45. The van der Waals surface area contributed by atoms with E-state index in [9.17, 15) is 0 Å². The molecule has 0 aliphatic carbocycles. The number of ether oxygens (including phenoxy) is 1. The molecule has 0 unspecified atom stereocenters. The molecule has 4 heteroatoms. The van der Waals surface area contributed by atoms with Crippen molar-refractivity contribution in [1.82, 2.24) is 4.98 Å². The van der Waals surface area contributed by atoms with Crippen molar-refractivity contribution in [2.24, 2.45) is 0 Å². The molecule has 0 fully saturated rings. The lowest BCUT2D eigenvalue weighted by molar-refractivity contribution is 0.340. The fourth-order valence-electron chi connectivity index (χ4n) is 1.69. The van der Waals surface area contributed by atoms with E-state index >= 15 is 0 Å². The molecule has 0 aliphatic heterocycles. The molecule has 1 aromatic heterocycles. The van der Waals surface area contributed by atoms with Gasteiger partial charge in [-0.2, -0.15) is 0 Å². The normalized spacial score (nSPS) is 10.1. The Morgan fingerprint density at radius 1 is 1.33 bits per heavy atom. The second-order valence-electron chi connectivity index (χ2n) is 4.02. The molecule has 0 bridgehead atoms. The highest BCUT2D eigenvalue weighted by atomic mass is 16.5. The van der Waals surface area contributed by atoms with Crippen molar-refractivity contribution < 1.29 is 4.74 Å². The molecule has 0 radical (unpaired) electrons. The van der Waals surface area contributed by atoms with Crippen LogP contribution in [-0.2, 0) is 0 Å².